The fourth-order valence-electron chi connectivity index (χ4n) is 9.23. The molecule has 2 bridgehead atoms. The van der Waals surface area contributed by atoms with Crippen molar-refractivity contribution < 1.29 is 32.8 Å². The molecule has 2 aliphatic rings. The molecular formula is C52H57N8O8P. The van der Waals surface area contributed by atoms with Gasteiger partial charge in [0, 0.05) is 41.8 Å². The van der Waals surface area contributed by atoms with Crippen LogP contribution in [0.15, 0.2) is 139 Å². The predicted octanol–water partition coefficient (Wildman–Crippen LogP) is 8.44. The van der Waals surface area contributed by atoms with E-state index in [1.54, 1.807) is 70.2 Å². The van der Waals surface area contributed by atoms with E-state index in [9.17, 15) is 14.9 Å². The minimum absolute atomic E-state index is 0.0266. The SMILES string of the molecule is COc1ccc(C(OC[C@@]23CN(c4cnccn4)[C@@H]([C@H](n4cc(C)c(NC(=O)c5ccccc5)nc4=O)O2)[C@@H]3OP(OCCC#N)N(C(C)C)C(C)C)(c2ccccc2)c2ccc(OC)cc2)cc1. The maximum absolute atomic E-state index is 14.5. The Morgan fingerprint density at radius 3 is 2.09 bits per heavy atom. The monoisotopic (exact) mass is 952 g/mol. The third kappa shape index (κ3) is 9.98. The molecule has 8 rings (SSSR count). The van der Waals surface area contributed by atoms with Crippen LogP contribution < -0.4 is 25.4 Å². The van der Waals surface area contributed by atoms with Gasteiger partial charge in [0.05, 0.1) is 52.7 Å². The number of amides is 1. The molecule has 0 aliphatic carbocycles. The number of nitriles is 1. The van der Waals surface area contributed by atoms with Crippen LogP contribution in [0.2, 0.25) is 0 Å². The first-order chi connectivity index (χ1) is 33.4. The molecule has 2 saturated heterocycles. The van der Waals surface area contributed by atoms with Crippen molar-refractivity contribution in [3.63, 3.8) is 0 Å². The Bertz CT molecular complexity index is 2710. The molecule has 358 valence electrons. The number of carbonyl (C=O) groups is 1. The smallest absolute Gasteiger partial charge is 0.351 e. The number of methoxy groups -OCH3 is 2. The van der Waals surface area contributed by atoms with Gasteiger partial charge in [-0.05, 0) is 87.7 Å². The van der Waals surface area contributed by atoms with Crippen molar-refractivity contribution >= 4 is 26.1 Å². The van der Waals surface area contributed by atoms with E-state index in [-0.39, 0.29) is 44.1 Å². The summed E-state index contributed by atoms with van der Waals surface area (Å²) in [7, 11) is 1.38. The molecular weight excluding hydrogens is 896 g/mol. The van der Waals surface area contributed by atoms with Crippen molar-refractivity contribution in [2.75, 3.05) is 44.2 Å². The molecule has 69 heavy (non-hydrogen) atoms. The minimum atomic E-state index is -1.87. The number of aryl methyl sites for hydroxylation is 1. The van der Waals surface area contributed by atoms with Crippen LogP contribution in [0.4, 0.5) is 11.6 Å². The standard InChI is InChI=1S/C52H57N8O8P/c1-35(2)60(36(3)4)69(66-30-14-27-53)68-46-45-49(58-32-37(5)47(57-50(58)62)56-48(61)38-15-10-8-11-16-38)67-51(46,33-59(45)44-31-54-28-29-55-44)34-65-52(39-17-12-9-13-18-39,40-19-23-42(63-6)24-20-40)41-21-25-43(64-7)26-22-41/h8-13,15-26,28-29,31-32,35-36,45-46,49H,14,30,33-34H2,1-7H3,(H,56,57,61,62)/t45-,46+,49-,51-,69?/m1/s1. The Balaban J connectivity index is 1.31. The number of nitrogens with zero attached hydrogens (tertiary/aromatic N) is 7. The second kappa shape index (κ2) is 21.4. The first-order valence-corrected chi connectivity index (χ1v) is 24.0. The van der Waals surface area contributed by atoms with Crippen LogP contribution in [-0.2, 0) is 24.1 Å². The van der Waals surface area contributed by atoms with Gasteiger partial charge in [0.2, 0.25) is 0 Å². The van der Waals surface area contributed by atoms with E-state index in [4.69, 9.17) is 33.0 Å². The molecule has 1 amide bonds. The van der Waals surface area contributed by atoms with Gasteiger partial charge in [-0.25, -0.2) is 14.4 Å². The number of hydrogen-bond donors (Lipinski definition) is 1. The number of ether oxygens (including phenoxy) is 4. The maximum Gasteiger partial charge on any atom is 0.351 e. The lowest BCUT2D eigenvalue weighted by Crippen LogP contribution is -2.52. The van der Waals surface area contributed by atoms with E-state index in [0.717, 1.165) is 16.7 Å². The quantitative estimate of drug-likeness (QED) is 0.0438. The zero-order chi connectivity index (χ0) is 48.7. The third-order valence-electron chi connectivity index (χ3n) is 12.4. The zero-order valence-electron chi connectivity index (χ0n) is 39.8. The Kier molecular flexibility index (Phi) is 15.1. The molecule has 6 aromatic rings. The van der Waals surface area contributed by atoms with Crippen molar-refractivity contribution in [3.05, 3.63) is 172 Å². The number of benzene rings is 4. The Morgan fingerprint density at radius 2 is 1.52 bits per heavy atom. The Labute approximate surface area is 403 Å². The lowest BCUT2D eigenvalue weighted by atomic mass is 9.79. The van der Waals surface area contributed by atoms with Crippen molar-refractivity contribution in [2.45, 2.75) is 82.7 Å². The van der Waals surface area contributed by atoms with Gasteiger partial charge >= 0.3 is 5.69 Å². The van der Waals surface area contributed by atoms with Crippen LogP contribution in [-0.4, -0.2) is 93.9 Å². The van der Waals surface area contributed by atoms with Gasteiger partial charge in [0.1, 0.15) is 46.5 Å². The van der Waals surface area contributed by atoms with Gasteiger partial charge in [0.15, 0.2) is 6.23 Å². The van der Waals surface area contributed by atoms with Gasteiger partial charge in [-0.15, -0.1) is 0 Å². The summed E-state index contributed by atoms with van der Waals surface area (Å²) in [4.78, 5) is 43.5. The molecule has 1 unspecified atom stereocenters. The first-order valence-electron chi connectivity index (χ1n) is 22.8. The van der Waals surface area contributed by atoms with Crippen LogP contribution in [0.25, 0.3) is 0 Å². The molecule has 2 aliphatic heterocycles. The molecule has 0 spiro atoms. The summed E-state index contributed by atoms with van der Waals surface area (Å²) in [6, 6.07) is 35.6. The predicted molar refractivity (Wildman–Crippen MR) is 262 cm³/mol. The van der Waals surface area contributed by atoms with Crippen LogP contribution in [0.3, 0.4) is 0 Å². The van der Waals surface area contributed by atoms with Gasteiger partial charge in [-0.1, -0.05) is 72.8 Å². The highest BCUT2D eigenvalue weighted by molar-refractivity contribution is 7.44. The highest BCUT2D eigenvalue weighted by atomic mass is 31.2. The molecule has 0 radical (unpaired) electrons. The molecule has 1 N–H and O–H groups in total. The summed E-state index contributed by atoms with van der Waals surface area (Å²) in [6.07, 6.45) is 4.78. The Hall–Kier alpha value is -6.57. The van der Waals surface area contributed by atoms with Crippen LogP contribution in [0, 0.1) is 18.3 Å². The number of morpholine rings is 1. The molecule has 4 aromatic carbocycles. The average Bonchev–Trinajstić information content (AvgIpc) is 3.84. The van der Waals surface area contributed by atoms with E-state index >= 15 is 0 Å². The van der Waals surface area contributed by atoms with Gasteiger partial charge in [0.25, 0.3) is 14.4 Å². The van der Waals surface area contributed by atoms with Gasteiger partial charge < -0.3 is 38.2 Å². The first kappa shape index (κ1) is 48.9. The highest BCUT2D eigenvalue weighted by Gasteiger charge is 2.67. The summed E-state index contributed by atoms with van der Waals surface area (Å²) >= 11 is 0. The summed E-state index contributed by atoms with van der Waals surface area (Å²) in [5, 5.41) is 12.4. The van der Waals surface area contributed by atoms with Crippen LogP contribution in [0.1, 0.15) is 73.0 Å². The topological polar surface area (TPSA) is 175 Å². The Morgan fingerprint density at radius 1 is 0.913 bits per heavy atom. The summed E-state index contributed by atoms with van der Waals surface area (Å²) in [5.41, 5.74) is 0.111. The number of nitrogens with one attached hydrogen (secondary N) is 1. The lowest BCUT2D eigenvalue weighted by molar-refractivity contribution is -0.157. The van der Waals surface area contributed by atoms with Crippen molar-refractivity contribution in [2.24, 2.45) is 0 Å². The van der Waals surface area contributed by atoms with E-state index in [0.29, 0.717) is 28.4 Å². The van der Waals surface area contributed by atoms with Crippen molar-refractivity contribution in [1.82, 2.24) is 24.2 Å². The number of fused-ring (bicyclic) bond motifs is 2. The molecule has 5 atom stereocenters. The lowest BCUT2D eigenvalue weighted by Gasteiger charge is -2.42. The van der Waals surface area contributed by atoms with Crippen LogP contribution >= 0.6 is 8.53 Å². The van der Waals surface area contributed by atoms with E-state index in [1.807, 2.05) is 89.8 Å². The van der Waals surface area contributed by atoms with Gasteiger partial charge in [-0.3, -0.25) is 14.3 Å². The highest BCUT2D eigenvalue weighted by Crippen LogP contribution is 2.57. The van der Waals surface area contributed by atoms with E-state index in [1.165, 1.54) is 4.57 Å². The normalized spacial score (nSPS) is 19.2. The number of anilines is 2. The summed E-state index contributed by atoms with van der Waals surface area (Å²) in [5.74, 6) is 1.59. The average molecular weight is 953 g/mol. The van der Waals surface area contributed by atoms with Crippen molar-refractivity contribution in [1.29, 1.82) is 5.26 Å². The van der Waals surface area contributed by atoms with E-state index < -0.39 is 49.7 Å². The van der Waals surface area contributed by atoms with E-state index in [2.05, 4.69) is 53.7 Å². The number of carbonyl (C=O) groups excluding carboxylic acids is 1. The largest absolute Gasteiger partial charge is 0.497 e. The van der Waals surface area contributed by atoms with Crippen molar-refractivity contribution in [3.8, 4) is 17.6 Å². The second-order valence-electron chi connectivity index (χ2n) is 17.4. The molecule has 4 heterocycles. The maximum atomic E-state index is 14.5. The van der Waals surface area contributed by atoms with Crippen LogP contribution in [0.5, 0.6) is 11.5 Å². The number of aromatic nitrogens is 4. The third-order valence-corrected chi connectivity index (χ3v) is 14.5. The fourth-order valence-corrected chi connectivity index (χ4v) is 11.0. The molecule has 16 nitrogen and oxygen atoms in total. The molecule has 2 aromatic heterocycles. The zero-order valence-corrected chi connectivity index (χ0v) is 40.7. The number of rotatable bonds is 20. The summed E-state index contributed by atoms with van der Waals surface area (Å²) in [6.45, 7) is 10.3. The molecule has 17 heteroatoms. The fraction of sp³-hybridized carbons (Fsp3) is 0.346. The minimum Gasteiger partial charge on any atom is -0.497 e. The molecule has 2 fully saturated rings. The van der Waals surface area contributed by atoms with Gasteiger partial charge in [-0.2, -0.15) is 10.2 Å². The second-order valence-corrected chi connectivity index (χ2v) is 18.8. The molecule has 0 saturated carbocycles. The number of hydrogen-bond acceptors (Lipinski definition) is 14. The summed E-state index contributed by atoms with van der Waals surface area (Å²) < 4.78 is 43.8.